The molecule has 0 N–H and O–H groups in total. The van der Waals surface area contributed by atoms with E-state index in [0.29, 0.717) is 0 Å². The molecular formula is C24H21F15O6. The van der Waals surface area contributed by atoms with Crippen molar-refractivity contribution in [2.45, 2.75) is 99.1 Å². The van der Waals surface area contributed by atoms with Crippen molar-refractivity contribution in [1.82, 2.24) is 0 Å². The first-order valence-corrected chi connectivity index (χ1v) is 12.5. The molecule has 2 unspecified atom stereocenters. The molecule has 4 fully saturated rings. The Balaban J connectivity index is 2.13. The third kappa shape index (κ3) is 5.38. The highest BCUT2D eigenvalue weighted by Crippen LogP contribution is 2.64. The van der Waals surface area contributed by atoms with E-state index >= 15 is 0 Å². The molecular weight excluding hydrogens is 669 g/mol. The van der Waals surface area contributed by atoms with Crippen LogP contribution in [0.15, 0.2) is 12.2 Å². The van der Waals surface area contributed by atoms with Crippen LogP contribution in [0.5, 0.6) is 0 Å². The maximum Gasteiger partial charge on any atom is 0.460 e. The first-order valence-electron chi connectivity index (χ1n) is 12.5. The fraction of sp³-hybridized carbons (Fsp3) is 0.792. The molecule has 21 heteroatoms. The zero-order chi connectivity index (χ0) is 35.2. The molecule has 2 atom stereocenters. The van der Waals surface area contributed by atoms with E-state index in [2.05, 4.69) is 16.1 Å². The van der Waals surface area contributed by atoms with Crippen molar-refractivity contribution >= 4 is 17.9 Å². The van der Waals surface area contributed by atoms with Gasteiger partial charge in [-0.15, -0.1) is 0 Å². The largest absolute Gasteiger partial charge is 0.460 e. The minimum atomic E-state index is -7.65. The Morgan fingerprint density at radius 2 is 1.04 bits per heavy atom. The third-order valence-electron chi connectivity index (χ3n) is 8.04. The summed E-state index contributed by atoms with van der Waals surface area (Å²) < 4.78 is 218. The molecule has 0 aromatic carbocycles. The number of halogens is 15. The van der Waals surface area contributed by atoms with Crippen molar-refractivity contribution in [3.05, 3.63) is 12.2 Å². The second-order valence-electron chi connectivity index (χ2n) is 11.5. The number of hydrogen-bond acceptors (Lipinski definition) is 6. The van der Waals surface area contributed by atoms with Crippen LogP contribution in [0.1, 0.15) is 46.0 Å². The summed E-state index contributed by atoms with van der Waals surface area (Å²) >= 11 is 0. The van der Waals surface area contributed by atoms with Gasteiger partial charge in [-0.25, -0.2) is 14.4 Å². The summed E-state index contributed by atoms with van der Waals surface area (Å²) in [5.74, 6) is -58.8. The van der Waals surface area contributed by atoms with Gasteiger partial charge in [0, 0.05) is 24.3 Å². The molecule has 0 spiro atoms. The lowest BCUT2D eigenvalue weighted by atomic mass is 9.51. The van der Waals surface area contributed by atoms with Crippen LogP contribution in [0.3, 0.4) is 0 Å². The van der Waals surface area contributed by atoms with Gasteiger partial charge in [-0.1, -0.05) is 6.58 Å². The summed E-state index contributed by atoms with van der Waals surface area (Å²) in [7, 11) is 0. The van der Waals surface area contributed by atoms with Gasteiger partial charge in [-0.3, -0.25) is 0 Å². The molecule has 0 saturated heterocycles. The first kappa shape index (κ1) is 36.6. The molecule has 0 radical (unpaired) electrons. The number of alkyl halides is 15. The van der Waals surface area contributed by atoms with Gasteiger partial charge in [-0.2, -0.15) is 65.9 Å². The van der Waals surface area contributed by atoms with E-state index in [-0.39, 0.29) is 12.0 Å². The summed E-state index contributed by atoms with van der Waals surface area (Å²) in [5.41, 5.74) is -1.96. The highest BCUT2D eigenvalue weighted by molar-refractivity contribution is 5.87. The van der Waals surface area contributed by atoms with E-state index < -0.39 is 121 Å². The van der Waals surface area contributed by atoms with Gasteiger partial charge in [-0.05, 0) is 44.9 Å². The second-order valence-corrected chi connectivity index (χ2v) is 11.5. The van der Waals surface area contributed by atoms with Crippen LogP contribution in [-0.4, -0.2) is 71.0 Å². The Hall–Kier alpha value is -2.90. The topological polar surface area (TPSA) is 78.9 Å². The number of ether oxygens (including phenoxy) is 3. The summed E-state index contributed by atoms with van der Waals surface area (Å²) in [6, 6.07) is 0. The van der Waals surface area contributed by atoms with Gasteiger partial charge in [0.1, 0.15) is 5.60 Å². The van der Waals surface area contributed by atoms with Crippen molar-refractivity contribution in [3.63, 3.8) is 0 Å². The monoisotopic (exact) mass is 690 g/mol. The van der Waals surface area contributed by atoms with Crippen molar-refractivity contribution in [2.24, 2.45) is 17.8 Å². The average molecular weight is 690 g/mol. The van der Waals surface area contributed by atoms with Crippen LogP contribution in [0.25, 0.3) is 0 Å². The molecule has 45 heavy (non-hydrogen) atoms. The fourth-order valence-electron chi connectivity index (χ4n) is 5.94. The number of esters is 3. The van der Waals surface area contributed by atoms with Crippen LogP contribution < -0.4 is 0 Å². The van der Waals surface area contributed by atoms with Gasteiger partial charge < -0.3 is 14.2 Å². The fourth-order valence-corrected chi connectivity index (χ4v) is 5.94. The summed E-state index contributed by atoms with van der Waals surface area (Å²) in [6.45, 7) is 3.68. The molecule has 4 aliphatic carbocycles. The lowest BCUT2D eigenvalue weighted by Crippen LogP contribution is -2.70. The lowest BCUT2D eigenvalue weighted by molar-refractivity contribution is -0.397. The Morgan fingerprint density at radius 3 is 1.40 bits per heavy atom. The van der Waals surface area contributed by atoms with E-state index in [1.165, 1.54) is 0 Å². The van der Waals surface area contributed by atoms with Crippen molar-refractivity contribution in [2.75, 3.05) is 0 Å². The molecule has 0 heterocycles. The average Bonchev–Trinajstić information content (AvgIpc) is 2.84. The second kappa shape index (κ2) is 10.3. The van der Waals surface area contributed by atoms with Crippen molar-refractivity contribution in [1.29, 1.82) is 0 Å². The van der Waals surface area contributed by atoms with E-state index in [0.717, 1.165) is 6.92 Å². The van der Waals surface area contributed by atoms with E-state index in [9.17, 15) is 80.2 Å². The maximum absolute atomic E-state index is 14.5. The van der Waals surface area contributed by atoms with Crippen molar-refractivity contribution < 1.29 is 94.5 Å². The molecule has 0 aromatic heterocycles. The number of carbonyl (C=O) groups is 3. The molecule has 258 valence electrons. The lowest BCUT2D eigenvalue weighted by Gasteiger charge is -2.62. The zero-order valence-corrected chi connectivity index (χ0v) is 22.6. The Kier molecular flexibility index (Phi) is 8.37. The van der Waals surface area contributed by atoms with Gasteiger partial charge in [0.15, 0.2) is 0 Å². The van der Waals surface area contributed by atoms with Crippen LogP contribution in [0, 0.1) is 17.8 Å². The quantitative estimate of drug-likeness (QED) is 0.108. The third-order valence-corrected chi connectivity index (χ3v) is 8.04. The van der Waals surface area contributed by atoms with Crippen LogP contribution in [-0.2, 0) is 28.6 Å². The minimum absolute atomic E-state index is 0.0840. The van der Waals surface area contributed by atoms with Gasteiger partial charge in [0.05, 0.1) is 0 Å². The van der Waals surface area contributed by atoms with Gasteiger partial charge in [0.25, 0.3) is 5.79 Å². The van der Waals surface area contributed by atoms with Gasteiger partial charge in [0.2, 0.25) is 0 Å². The van der Waals surface area contributed by atoms with E-state index in [4.69, 9.17) is 4.74 Å². The smallest absolute Gasteiger partial charge is 0.456 e. The maximum atomic E-state index is 14.5. The Morgan fingerprint density at radius 1 is 0.644 bits per heavy atom. The molecule has 4 aliphatic rings. The molecule has 4 bridgehead atoms. The zero-order valence-electron chi connectivity index (χ0n) is 22.6. The molecule has 0 aromatic rings. The Bertz CT molecular complexity index is 1240. The molecule has 6 nitrogen and oxygen atoms in total. The summed E-state index contributed by atoms with van der Waals surface area (Å²) in [5, 5.41) is 0. The normalized spacial score (nSPS) is 29.3. The van der Waals surface area contributed by atoms with E-state index in [1.54, 1.807) is 0 Å². The van der Waals surface area contributed by atoms with Crippen LogP contribution in [0.2, 0.25) is 0 Å². The number of rotatable bonds is 10. The molecule has 4 rings (SSSR count). The SMILES string of the molecule is C=C(C)C(=O)OC12CC3CC(C1)C(OC(=O)C(F)(F)C(F)(F)C(C)(F)F)(OC(=O)C(F)(F)C(F)(F)C(F)(F)C(F)(F)F)C(C3)C2. The van der Waals surface area contributed by atoms with E-state index in [1.807, 2.05) is 0 Å². The summed E-state index contributed by atoms with van der Waals surface area (Å²) in [4.78, 5) is 36.9. The highest BCUT2D eigenvalue weighted by atomic mass is 19.4. The summed E-state index contributed by atoms with van der Waals surface area (Å²) in [6.07, 6.45) is -10.4. The first-order chi connectivity index (χ1) is 19.8. The highest BCUT2D eigenvalue weighted by Gasteiger charge is 2.85. The Labute approximate surface area is 242 Å². The molecule has 0 aliphatic heterocycles. The molecule has 0 amide bonds. The number of hydrogen-bond donors (Lipinski definition) is 0. The van der Waals surface area contributed by atoms with Gasteiger partial charge >= 0.3 is 59.6 Å². The number of carbonyl (C=O) groups excluding carboxylic acids is 3. The predicted molar refractivity (Wildman–Crippen MR) is 114 cm³/mol. The van der Waals surface area contributed by atoms with Crippen molar-refractivity contribution in [3.8, 4) is 0 Å². The predicted octanol–water partition coefficient (Wildman–Crippen LogP) is 6.86. The molecule has 4 saturated carbocycles. The van der Waals surface area contributed by atoms with Crippen LogP contribution in [0.4, 0.5) is 65.9 Å². The minimum Gasteiger partial charge on any atom is -0.456 e. The standard InChI is InChI=1S/C24H21F15O6/c1-9(2)13(40)43-17-6-10-4-11(7-17)18(12(5-10)8-17,44-14(41)19(27,28)21(31,32)16(3,25)26)45-15(42)20(29,30)22(33,34)23(35,36)24(37,38)39/h10-12H,1,4-8H2,2-3H3. The van der Waals surface area contributed by atoms with Crippen LogP contribution >= 0.6 is 0 Å².